The van der Waals surface area contributed by atoms with Crippen LogP contribution in [0.2, 0.25) is 0 Å². The zero-order valence-corrected chi connectivity index (χ0v) is 19.0. The first-order valence-corrected chi connectivity index (χ1v) is 10.8. The topological polar surface area (TPSA) is 91.1 Å². The SMILES string of the molecule is Cc1cc(N2CC(C)(C)CC2=O)ccc1-n1ccc(=O)c(/C(=C/C=N)Nc2ccccc2)n1. The van der Waals surface area contributed by atoms with Gasteiger partial charge in [-0.3, -0.25) is 9.59 Å². The van der Waals surface area contributed by atoms with Crippen molar-refractivity contribution >= 4 is 29.2 Å². The lowest BCUT2D eigenvalue weighted by molar-refractivity contribution is -0.117. The van der Waals surface area contributed by atoms with Crippen LogP contribution in [0.4, 0.5) is 11.4 Å². The molecule has 2 N–H and O–H groups in total. The fourth-order valence-electron chi connectivity index (χ4n) is 4.05. The molecule has 7 heteroatoms. The highest BCUT2D eigenvalue weighted by Crippen LogP contribution is 2.34. The first kappa shape index (κ1) is 22.2. The Morgan fingerprint density at radius 1 is 1.12 bits per heavy atom. The summed E-state index contributed by atoms with van der Waals surface area (Å²) in [6, 6.07) is 16.7. The second-order valence-corrected chi connectivity index (χ2v) is 9.00. The summed E-state index contributed by atoms with van der Waals surface area (Å²) >= 11 is 0. The van der Waals surface area contributed by atoms with Gasteiger partial charge < -0.3 is 15.6 Å². The molecule has 0 unspecified atom stereocenters. The molecule has 0 aliphatic carbocycles. The number of rotatable bonds is 6. The zero-order valence-electron chi connectivity index (χ0n) is 19.0. The molecule has 2 heterocycles. The van der Waals surface area contributed by atoms with E-state index in [4.69, 9.17) is 5.41 Å². The smallest absolute Gasteiger partial charge is 0.227 e. The van der Waals surface area contributed by atoms with E-state index in [0.29, 0.717) is 18.7 Å². The molecule has 2 aromatic carbocycles. The lowest BCUT2D eigenvalue weighted by Crippen LogP contribution is -2.26. The molecule has 1 aliphatic heterocycles. The highest BCUT2D eigenvalue weighted by atomic mass is 16.2. The molecule has 1 aliphatic rings. The summed E-state index contributed by atoms with van der Waals surface area (Å²) in [5, 5.41) is 15.3. The van der Waals surface area contributed by atoms with Gasteiger partial charge in [0.15, 0.2) is 5.69 Å². The number of aromatic nitrogens is 2. The second-order valence-electron chi connectivity index (χ2n) is 9.00. The van der Waals surface area contributed by atoms with E-state index in [-0.39, 0.29) is 22.4 Å². The summed E-state index contributed by atoms with van der Waals surface area (Å²) in [7, 11) is 0. The van der Waals surface area contributed by atoms with Crippen LogP contribution < -0.4 is 15.6 Å². The van der Waals surface area contributed by atoms with Crippen LogP contribution in [0, 0.1) is 17.7 Å². The van der Waals surface area contributed by atoms with Crippen molar-refractivity contribution in [3.8, 4) is 5.69 Å². The number of nitrogens with zero attached hydrogens (tertiary/aromatic N) is 3. The summed E-state index contributed by atoms with van der Waals surface area (Å²) in [4.78, 5) is 26.9. The standard InChI is InChI=1S/C26H27N5O2/c1-18-15-20(30-17-26(2,3)16-24(30)33)9-10-22(18)31-14-12-23(32)25(29-31)21(11-13-27)28-19-7-5-4-6-8-19/h4-15,27-28H,16-17H2,1-3H3/b21-11-,27-13?. The van der Waals surface area contributed by atoms with Crippen LogP contribution in [0.25, 0.3) is 11.4 Å². The highest BCUT2D eigenvalue weighted by Gasteiger charge is 2.36. The molecule has 0 bridgehead atoms. The number of benzene rings is 2. The minimum Gasteiger partial charge on any atom is -0.354 e. The van der Waals surface area contributed by atoms with Crippen LogP contribution in [0.5, 0.6) is 0 Å². The fraction of sp³-hybridized carbons (Fsp3) is 0.231. The van der Waals surface area contributed by atoms with Crippen molar-refractivity contribution in [1.82, 2.24) is 9.78 Å². The summed E-state index contributed by atoms with van der Waals surface area (Å²) in [6.45, 7) is 6.84. The summed E-state index contributed by atoms with van der Waals surface area (Å²) in [6.07, 6.45) is 4.80. The molecule has 0 atom stereocenters. The number of carbonyl (C=O) groups is 1. The lowest BCUT2D eigenvalue weighted by atomic mass is 9.93. The monoisotopic (exact) mass is 441 g/mol. The summed E-state index contributed by atoms with van der Waals surface area (Å²) in [5.74, 6) is 0.129. The molecular formula is C26H27N5O2. The molecule has 1 fully saturated rings. The fourth-order valence-corrected chi connectivity index (χ4v) is 4.05. The van der Waals surface area contributed by atoms with Gasteiger partial charge in [0, 0.05) is 42.8 Å². The minimum absolute atomic E-state index is 0.0395. The van der Waals surface area contributed by atoms with E-state index < -0.39 is 0 Å². The van der Waals surface area contributed by atoms with Crippen LogP contribution in [0.1, 0.15) is 31.5 Å². The van der Waals surface area contributed by atoms with Crippen molar-refractivity contribution in [2.75, 3.05) is 16.8 Å². The van der Waals surface area contributed by atoms with Gasteiger partial charge in [-0.05, 0) is 54.3 Å². The van der Waals surface area contributed by atoms with E-state index in [1.165, 1.54) is 12.1 Å². The van der Waals surface area contributed by atoms with Gasteiger partial charge in [-0.2, -0.15) is 5.10 Å². The number of allylic oxidation sites excluding steroid dienone is 1. The van der Waals surface area contributed by atoms with Gasteiger partial charge in [-0.1, -0.05) is 32.0 Å². The molecule has 3 aromatic rings. The molecular weight excluding hydrogens is 414 g/mol. The maximum Gasteiger partial charge on any atom is 0.227 e. The second kappa shape index (κ2) is 8.86. The molecule has 1 amide bonds. The Morgan fingerprint density at radius 2 is 1.88 bits per heavy atom. The molecule has 1 aromatic heterocycles. The molecule has 4 rings (SSSR count). The normalized spacial score (nSPS) is 15.5. The van der Waals surface area contributed by atoms with E-state index in [1.807, 2.05) is 60.4 Å². The van der Waals surface area contributed by atoms with Gasteiger partial charge >= 0.3 is 0 Å². The average molecular weight is 442 g/mol. The van der Waals surface area contributed by atoms with Gasteiger partial charge in [0.25, 0.3) is 0 Å². The third-order valence-electron chi connectivity index (χ3n) is 5.62. The molecule has 168 valence electrons. The number of para-hydroxylation sites is 1. The quantitative estimate of drug-likeness (QED) is 0.555. The molecule has 0 spiro atoms. The average Bonchev–Trinajstić information content (AvgIpc) is 3.07. The Hall–Kier alpha value is -4.00. The van der Waals surface area contributed by atoms with Gasteiger partial charge in [-0.25, -0.2) is 4.68 Å². The number of hydrogen-bond donors (Lipinski definition) is 2. The maximum absolute atomic E-state index is 12.6. The third-order valence-corrected chi connectivity index (χ3v) is 5.62. The number of amides is 1. The summed E-state index contributed by atoms with van der Waals surface area (Å²) in [5.41, 5.74) is 3.76. The molecule has 0 radical (unpaired) electrons. The molecule has 33 heavy (non-hydrogen) atoms. The van der Waals surface area contributed by atoms with Gasteiger partial charge in [0.2, 0.25) is 11.3 Å². The predicted molar refractivity (Wildman–Crippen MR) is 132 cm³/mol. The van der Waals surface area contributed by atoms with E-state index in [2.05, 4.69) is 24.3 Å². The largest absolute Gasteiger partial charge is 0.354 e. The number of nitrogens with one attached hydrogen (secondary N) is 2. The van der Waals surface area contributed by atoms with Gasteiger partial charge in [0.1, 0.15) is 0 Å². The van der Waals surface area contributed by atoms with Crippen molar-refractivity contribution in [1.29, 1.82) is 5.41 Å². The predicted octanol–water partition coefficient (Wildman–Crippen LogP) is 4.41. The zero-order chi connectivity index (χ0) is 23.6. The van der Waals surface area contributed by atoms with Crippen LogP contribution in [-0.2, 0) is 4.79 Å². The van der Waals surface area contributed by atoms with Crippen molar-refractivity contribution in [2.24, 2.45) is 5.41 Å². The van der Waals surface area contributed by atoms with Crippen LogP contribution >= 0.6 is 0 Å². The Bertz CT molecular complexity index is 1290. The molecule has 1 saturated heterocycles. The van der Waals surface area contributed by atoms with Gasteiger partial charge in [0.05, 0.1) is 11.4 Å². The molecule has 0 saturated carbocycles. The Labute approximate surface area is 192 Å². The van der Waals surface area contributed by atoms with Crippen LogP contribution in [-0.4, -0.2) is 28.4 Å². The van der Waals surface area contributed by atoms with E-state index >= 15 is 0 Å². The lowest BCUT2D eigenvalue weighted by Gasteiger charge is -2.21. The van der Waals surface area contributed by atoms with Gasteiger partial charge in [-0.15, -0.1) is 0 Å². The van der Waals surface area contributed by atoms with Crippen molar-refractivity contribution in [3.05, 3.63) is 88.4 Å². The first-order valence-electron chi connectivity index (χ1n) is 10.8. The minimum atomic E-state index is -0.248. The number of aryl methyl sites for hydroxylation is 1. The third kappa shape index (κ3) is 4.77. The van der Waals surface area contributed by atoms with Crippen molar-refractivity contribution in [2.45, 2.75) is 27.2 Å². The van der Waals surface area contributed by atoms with E-state index in [1.54, 1.807) is 10.9 Å². The number of hydrogen-bond acceptors (Lipinski definition) is 5. The van der Waals surface area contributed by atoms with Crippen molar-refractivity contribution < 1.29 is 4.79 Å². The Kier molecular flexibility index (Phi) is 5.96. The van der Waals surface area contributed by atoms with Crippen molar-refractivity contribution in [3.63, 3.8) is 0 Å². The Morgan fingerprint density at radius 3 is 2.52 bits per heavy atom. The van der Waals surface area contributed by atoms with Crippen LogP contribution in [0.15, 0.2) is 71.7 Å². The number of anilines is 2. The maximum atomic E-state index is 12.6. The Balaban J connectivity index is 1.69. The highest BCUT2D eigenvalue weighted by molar-refractivity contribution is 5.96. The van der Waals surface area contributed by atoms with E-state index in [9.17, 15) is 9.59 Å². The van der Waals surface area contributed by atoms with E-state index in [0.717, 1.165) is 28.8 Å². The number of carbonyl (C=O) groups excluding carboxylic acids is 1. The first-order chi connectivity index (χ1) is 15.8. The van der Waals surface area contributed by atoms with Crippen LogP contribution in [0.3, 0.4) is 0 Å². The summed E-state index contributed by atoms with van der Waals surface area (Å²) < 4.78 is 1.65. The molecule has 7 nitrogen and oxygen atoms in total.